The average Bonchev–Trinajstić information content (AvgIpc) is 3.89. The molecule has 5 fully saturated rings. The number of amides is 1. The Kier molecular flexibility index (Phi) is 8.21. The van der Waals surface area contributed by atoms with Gasteiger partial charge in [0, 0.05) is 36.9 Å². The third kappa shape index (κ3) is 6.62. The molecule has 3 N–H and O–H groups in total. The highest BCUT2D eigenvalue weighted by Gasteiger charge is 2.56. The molecule has 2 saturated heterocycles. The van der Waals surface area contributed by atoms with Crippen LogP contribution in [0.2, 0.25) is 0 Å². The normalized spacial score (nSPS) is 28.7. The molecule has 13 heteroatoms. The molecule has 11 nitrogen and oxygen atoms in total. The summed E-state index contributed by atoms with van der Waals surface area (Å²) < 4.78 is 48.3. The zero-order valence-electron chi connectivity index (χ0n) is 26.4. The minimum Gasteiger partial charge on any atom is -0.445 e. The molecule has 3 aliphatic carbocycles. The van der Waals surface area contributed by atoms with Crippen molar-refractivity contribution in [1.29, 1.82) is 0 Å². The third-order valence-corrected chi connectivity index (χ3v) is 13.3. The van der Waals surface area contributed by atoms with E-state index < -0.39 is 28.3 Å². The molecule has 1 aromatic heterocycles. The number of carbonyl (C=O) groups excluding carboxylic acids is 1. The van der Waals surface area contributed by atoms with E-state index in [0.717, 1.165) is 53.0 Å². The first-order valence-corrected chi connectivity index (χ1v) is 19.0. The van der Waals surface area contributed by atoms with E-state index in [1.807, 2.05) is 30.3 Å². The molecule has 7 atom stereocenters. The summed E-state index contributed by atoms with van der Waals surface area (Å²) in [6, 6.07) is 14.3. The van der Waals surface area contributed by atoms with Gasteiger partial charge in [-0.1, -0.05) is 48.6 Å². The zero-order valence-corrected chi connectivity index (χ0v) is 28.0. The zero-order chi connectivity index (χ0) is 32.3. The first-order chi connectivity index (χ1) is 22.6. The smallest absolute Gasteiger partial charge is 0.407 e. The van der Waals surface area contributed by atoms with Gasteiger partial charge >= 0.3 is 6.09 Å². The highest BCUT2D eigenvalue weighted by molar-refractivity contribution is 7.89. The molecule has 3 heterocycles. The van der Waals surface area contributed by atoms with E-state index in [9.17, 15) is 18.3 Å². The van der Waals surface area contributed by atoms with Crippen LogP contribution in [0.25, 0.3) is 10.2 Å². The van der Waals surface area contributed by atoms with Crippen LogP contribution in [0.15, 0.2) is 53.4 Å². The van der Waals surface area contributed by atoms with Crippen LogP contribution < -0.4 is 10.6 Å². The lowest BCUT2D eigenvalue weighted by Gasteiger charge is -2.32. The quantitative estimate of drug-likeness (QED) is 0.240. The second-order valence-corrected chi connectivity index (χ2v) is 17.4. The highest BCUT2D eigenvalue weighted by Crippen LogP contribution is 2.49. The largest absolute Gasteiger partial charge is 0.445 e. The number of aliphatic hydroxyl groups excluding tert-OH is 1. The molecule has 5 unspecified atom stereocenters. The van der Waals surface area contributed by atoms with Gasteiger partial charge in [0.2, 0.25) is 10.0 Å². The van der Waals surface area contributed by atoms with E-state index in [-0.39, 0.29) is 53.5 Å². The maximum absolute atomic E-state index is 14.3. The van der Waals surface area contributed by atoms with E-state index in [2.05, 4.69) is 22.5 Å². The van der Waals surface area contributed by atoms with E-state index in [1.165, 1.54) is 15.6 Å². The number of thiazole rings is 1. The topological polar surface area (TPSA) is 139 Å². The predicted octanol–water partition coefficient (Wildman–Crippen LogP) is 4.37. The molecule has 252 valence electrons. The van der Waals surface area contributed by atoms with Crippen LogP contribution in [0.4, 0.5) is 9.93 Å². The van der Waals surface area contributed by atoms with Crippen LogP contribution >= 0.6 is 11.3 Å². The summed E-state index contributed by atoms with van der Waals surface area (Å²) >= 11 is 1.45. The summed E-state index contributed by atoms with van der Waals surface area (Å²) in [5, 5.41) is 18.9. The van der Waals surface area contributed by atoms with Gasteiger partial charge < -0.3 is 30.0 Å². The van der Waals surface area contributed by atoms with Gasteiger partial charge in [0.05, 0.1) is 40.5 Å². The Labute approximate surface area is 279 Å². The van der Waals surface area contributed by atoms with Gasteiger partial charge in [0.15, 0.2) is 11.4 Å². The van der Waals surface area contributed by atoms with Gasteiger partial charge in [-0.05, 0) is 67.7 Å². The van der Waals surface area contributed by atoms with Crippen molar-refractivity contribution in [2.45, 2.75) is 80.9 Å². The van der Waals surface area contributed by atoms with Crippen LogP contribution in [0.3, 0.4) is 0 Å². The number of fused-ring (bicyclic) bond motifs is 2. The van der Waals surface area contributed by atoms with Crippen LogP contribution in [0.1, 0.15) is 44.6 Å². The van der Waals surface area contributed by atoms with Gasteiger partial charge in [-0.25, -0.2) is 18.2 Å². The van der Waals surface area contributed by atoms with E-state index in [1.54, 1.807) is 18.2 Å². The predicted molar refractivity (Wildman–Crippen MR) is 176 cm³/mol. The molecule has 1 amide bonds. The number of hydrogen-bond acceptors (Lipinski definition) is 10. The van der Waals surface area contributed by atoms with Gasteiger partial charge in [-0.2, -0.15) is 4.31 Å². The second-order valence-electron chi connectivity index (χ2n) is 14.4. The molecule has 2 aromatic carbocycles. The number of alkyl carbamates (subject to hydrolysis) is 1. The van der Waals surface area contributed by atoms with E-state index in [4.69, 9.17) is 14.2 Å². The Morgan fingerprint density at radius 3 is 2.70 bits per heavy atom. The lowest BCUT2D eigenvalue weighted by atomic mass is 9.98. The Hall–Kier alpha value is -2.81. The van der Waals surface area contributed by atoms with Gasteiger partial charge in [-0.3, -0.25) is 0 Å². The molecule has 2 aliphatic heterocycles. The minimum absolute atomic E-state index is 0.0899. The number of ether oxygens (including phenoxy) is 3. The van der Waals surface area contributed by atoms with Crippen molar-refractivity contribution in [2.24, 2.45) is 23.2 Å². The molecule has 8 rings (SSSR count). The number of sulfonamides is 1. The van der Waals surface area contributed by atoms with Crippen molar-refractivity contribution in [3.63, 3.8) is 0 Å². The SMILES string of the molecule is CC1(CN(C[C@@H](O)[C@H](Cc2ccccc2)NC(=O)OC2C3COC4OCC2C4C3)S(=O)(=O)c2ccc3nc(NC4CC4)sc3c2)CC1. The number of hydrogen-bond donors (Lipinski definition) is 3. The van der Waals surface area contributed by atoms with Gasteiger partial charge in [0.25, 0.3) is 0 Å². The van der Waals surface area contributed by atoms with Gasteiger partial charge in [-0.15, -0.1) is 0 Å². The molecule has 5 aliphatic rings. The average molecular weight is 683 g/mol. The first-order valence-electron chi connectivity index (χ1n) is 16.7. The number of aliphatic hydroxyl groups is 1. The molecule has 47 heavy (non-hydrogen) atoms. The molecule has 0 radical (unpaired) electrons. The van der Waals surface area contributed by atoms with Crippen molar-refractivity contribution in [1.82, 2.24) is 14.6 Å². The molecular weight excluding hydrogens is 641 g/mol. The summed E-state index contributed by atoms with van der Waals surface area (Å²) in [5.74, 6) is 0.432. The number of nitrogens with zero attached hydrogens (tertiary/aromatic N) is 2. The Bertz CT molecular complexity index is 1730. The van der Waals surface area contributed by atoms with E-state index >= 15 is 0 Å². The fraction of sp³-hybridized carbons (Fsp3) is 0.588. The van der Waals surface area contributed by atoms with Crippen molar-refractivity contribution >= 4 is 42.8 Å². The summed E-state index contributed by atoms with van der Waals surface area (Å²) in [7, 11) is -3.99. The molecular formula is C34H42N4O7S2. The second kappa shape index (κ2) is 12.3. The number of aromatic nitrogens is 1. The molecule has 2 bridgehead atoms. The Balaban J connectivity index is 1.02. The fourth-order valence-corrected chi connectivity index (χ4v) is 10.1. The van der Waals surface area contributed by atoms with E-state index in [0.29, 0.717) is 25.7 Å². The summed E-state index contributed by atoms with van der Waals surface area (Å²) in [5.41, 5.74) is 1.50. The van der Waals surface area contributed by atoms with Gasteiger partial charge in [0.1, 0.15) is 6.10 Å². The first kappa shape index (κ1) is 31.5. The van der Waals surface area contributed by atoms with Crippen LogP contribution in [-0.4, -0.2) is 85.8 Å². The monoisotopic (exact) mass is 682 g/mol. The number of rotatable bonds is 13. The minimum atomic E-state index is -3.99. The fourth-order valence-electron chi connectivity index (χ4n) is 7.37. The maximum Gasteiger partial charge on any atom is 0.407 e. The summed E-state index contributed by atoms with van der Waals surface area (Å²) in [4.78, 5) is 18.2. The molecule has 3 saturated carbocycles. The van der Waals surface area contributed by atoms with Crippen LogP contribution in [0, 0.1) is 23.2 Å². The number of nitrogens with one attached hydrogen (secondary N) is 2. The van der Waals surface area contributed by atoms with Crippen molar-refractivity contribution in [3.8, 4) is 0 Å². The number of anilines is 1. The standard InChI is InChI=1S/C34H42N4O7S2/c1-34(11-12-34)19-38(47(41,42)23-9-10-26-29(15-23)46-32(36-26)35-22-7-8-22)16-28(39)27(13-20-5-3-2-4-6-20)37-33(40)45-30-21-14-24-25(30)18-44-31(24)43-17-21/h2-6,9-10,15,21-22,24-25,27-28,30-31,39H,7-8,11-14,16-19H2,1H3,(H,35,36)(H,37,40)/t21?,24?,25?,27-,28+,30?,31?/m0/s1. The molecule has 3 aromatic rings. The lowest BCUT2D eigenvalue weighted by Crippen LogP contribution is -2.52. The number of carbonyl (C=O) groups is 1. The van der Waals surface area contributed by atoms with Crippen molar-refractivity contribution < 1.29 is 32.5 Å². The lowest BCUT2D eigenvalue weighted by molar-refractivity contribution is -0.169. The van der Waals surface area contributed by atoms with Crippen LogP contribution in [-0.2, 0) is 30.7 Å². The third-order valence-electron chi connectivity index (χ3n) is 10.6. The summed E-state index contributed by atoms with van der Waals surface area (Å²) in [6.07, 6.45) is 2.90. The number of benzene rings is 2. The Morgan fingerprint density at radius 2 is 1.94 bits per heavy atom. The van der Waals surface area contributed by atoms with Crippen molar-refractivity contribution in [2.75, 3.05) is 31.6 Å². The highest BCUT2D eigenvalue weighted by atomic mass is 32.2. The van der Waals surface area contributed by atoms with Crippen LogP contribution in [0.5, 0.6) is 0 Å². The molecule has 0 spiro atoms. The maximum atomic E-state index is 14.3. The van der Waals surface area contributed by atoms with Crippen molar-refractivity contribution in [3.05, 3.63) is 54.1 Å². The summed E-state index contributed by atoms with van der Waals surface area (Å²) in [6.45, 7) is 3.16. The Morgan fingerprint density at radius 1 is 1.15 bits per heavy atom.